The molecule has 1 nitrogen and oxygen atoms in total. The largest absolute Gasteiger partial charge is 0.492 e. The van der Waals surface area contributed by atoms with Crippen LogP contribution in [0.1, 0.15) is 51.0 Å². The third-order valence-electron chi connectivity index (χ3n) is 5.53. The summed E-state index contributed by atoms with van der Waals surface area (Å²) in [6.07, 6.45) is 10.5. The highest BCUT2D eigenvalue weighted by molar-refractivity contribution is 5.50. The average Bonchev–Trinajstić information content (AvgIpc) is 2.37. The molecule has 0 radical (unpaired) electrons. The van der Waals surface area contributed by atoms with Crippen molar-refractivity contribution in [2.24, 2.45) is 17.8 Å². The zero-order valence-electron chi connectivity index (χ0n) is 12.3. The molecule has 0 heterocycles. The van der Waals surface area contributed by atoms with Gasteiger partial charge in [0.25, 0.3) is 0 Å². The lowest BCUT2D eigenvalue weighted by molar-refractivity contribution is -0.137. The van der Waals surface area contributed by atoms with E-state index < -0.39 is 0 Å². The Labute approximate surface area is 122 Å². The molecule has 1 aromatic carbocycles. The quantitative estimate of drug-likeness (QED) is 0.698. The maximum absolute atomic E-state index is 6.52. The second kappa shape index (κ2) is 4.65. The Hall–Kier alpha value is -1.24. The minimum atomic E-state index is 0.185. The van der Waals surface area contributed by atoms with Crippen LogP contribution in [0.5, 0.6) is 0 Å². The number of allylic oxidation sites excluding steroid dienone is 1. The van der Waals surface area contributed by atoms with Crippen LogP contribution < -0.4 is 0 Å². The molecule has 0 saturated heterocycles. The van der Waals surface area contributed by atoms with Crippen LogP contribution in [0.15, 0.2) is 36.1 Å². The maximum atomic E-state index is 6.52. The molecule has 0 atom stereocenters. The summed E-state index contributed by atoms with van der Waals surface area (Å²) in [6.45, 7) is 2.13. The number of hydrogen-bond acceptors (Lipinski definition) is 1. The molecule has 1 heteroatoms. The summed E-state index contributed by atoms with van der Waals surface area (Å²) < 4.78 is 6.52. The van der Waals surface area contributed by atoms with Crippen molar-refractivity contribution in [3.05, 3.63) is 41.7 Å². The van der Waals surface area contributed by atoms with Crippen molar-refractivity contribution in [3.63, 3.8) is 0 Å². The van der Waals surface area contributed by atoms with Gasteiger partial charge in [-0.05, 0) is 74.8 Å². The summed E-state index contributed by atoms with van der Waals surface area (Å²) in [5.41, 5.74) is 1.43. The Kier molecular flexibility index (Phi) is 2.90. The molecule has 0 N–H and O–H groups in total. The molecule has 0 amide bonds. The predicted octanol–water partition coefficient (Wildman–Crippen LogP) is 5.03. The molecule has 20 heavy (non-hydrogen) atoms. The van der Waals surface area contributed by atoms with Crippen LogP contribution in [-0.4, -0.2) is 5.60 Å². The van der Waals surface area contributed by atoms with Gasteiger partial charge in [0.05, 0.1) is 5.76 Å². The Balaban J connectivity index is 1.52. The summed E-state index contributed by atoms with van der Waals surface area (Å²) in [6, 6.07) is 10.5. The van der Waals surface area contributed by atoms with Gasteiger partial charge in [0.15, 0.2) is 0 Å². The lowest BCUT2D eigenvalue weighted by Crippen LogP contribution is -2.51. The smallest absolute Gasteiger partial charge is 0.109 e. The molecule has 1 aromatic rings. The van der Waals surface area contributed by atoms with Gasteiger partial charge in [-0.3, -0.25) is 0 Å². The first-order chi connectivity index (χ1) is 9.71. The molecule has 5 rings (SSSR count). The van der Waals surface area contributed by atoms with Gasteiger partial charge in [0.1, 0.15) is 5.60 Å². The van der Waals surface area contributed by atoms with E-state index in [2.05, 4.69) is 43.3 Å². The summed E-state index contributed by atoms with van der Waals surface area (Å²) in [5, 5.41) is 0. The van der Waals surface area contributed by atoms with Gasteiger partial charge in [-0.15, -0.1) is 0 Å². The fourth-order valence-corrected chi connectivity index (χ4v) is 5.31. The zero-order valence-corrected chi connectivity index (χ0v) is 12.3. The van der Waals surface area contributed by atoms with E-state index in [0.29, 0.717) is 0 Å². The molecule has 4 aliphatic rings. The van der Waals surface area contributed by atoms with Gasteiger partial charge in [0, 0.05) is 0 Å². The minimum Gasteiger partial charge on any atom is -0.492 e. The fraction of sp³-hybridized carbons (Fsp3) is 0.579. The number of ether oxygens (including phenoxy) is 1. The van der Waals surface area contributed by atoms with Gasteiger partial charge in [-0.2, -0.15) is 0 Å². The molecule has 4 aliphatic carbocycles. The first kappa shape index (κ1) is 12.5. The number of hydrogen-bond donors (Lipinski definition) is 0. The fourth-order valence-electron chi connectivity index (χ4n) is 5.31. The van der Waals surface area contributed by atoms with Crippen LogP contribution in [0.25, 0.3) is 6.08 Å². The lowest BCUT2D eigenvalue weighted by atomic mass is 9.54. The third kappa shape index (κ3) is 2.28. The molecule has 4 bridgehead atoms. The predicted molar refractivity (Wildman–Crippen MR) is 82.1 cm³/mol. The van der Waals surface area contributed by atoms with Crippen molar-refractivity contribution in [2.45, 2.75) is 51.0 Å². The summed E-state index contributed by atoms with van der Waals surface area (Å²) >= 11 is 0. The van der Waals surface area contributed by atoms with E-state index in [1.165, 1.54) is 44.1 Å². The molecule has 0 spiro atoms. The van der Waals surface area contributed by atoms with Crippen molar-refractivity contribution >= 4 is 6.08 Å². The molecular weight excluding hydrogens is 244 g/mol. The van der Waals surface area contributed by atoms with Gasteiger partial charge in [-0.25, -0.2) is 0 Å². The molecule has 0 aliphatic heterocycles. The van der Waals surface area contributed by atoms with Gasteiger partial charge in [-0.1, -0.05) is 30.3 Å². The highest BCUT2D eigenvalue weighted by atomic mass is 16.5. The van der Waals surface area contributed by atoms with Crippen LogP contribution in [0.4, 0.5) is 0 Å². The standard InChI is InChI=1S/C19H24O/c1-14(7-15-5-3-2-4-6-15)20-19-11-16-8-17(12-19)10-18(9-16)13-19/h2-7,16-18H,8-13H2,1H3. The topological polar surface area (TPSA) is 9.23 Å². The molecule has 4 saturated carbocycles. The van der Waals surface area contributed by atoms with Crippen LogP contribution in [-0.2, 0) is 4.74 Å². The SMILES string of the molecule is CC(=Cc1ccccc1)OC12CC3CC(CC(C3)C1)C2. The van der Waals surface area contributed by atoms with Crippen molar-refractivity contribution in [1.82, 2.24) is 0 Å². The summed E-state index contributed by atoms with van der Waals surface area (Å²) in [4.78, 5) is 0. The summed E-state index contributed by atoms with van der Waals surface area (Å²) in [5.74, 6) is 3.94. The van der Waals surface area contributed by atoms with E-state index in [1.54, 1.807) is 0 Å². The van der Waals surface area contributed by atoms with Gasteiger partial charge >= 0.3 is 0 Å². The molecule has 0 aromatic heterocycles. The van der Waals surface area contributed by atoms with E-state index in [0.717, 1.165) is 23.5 Å². The highest BCUT2D eigenvalue weighted by Crippen LogP contribution is 2.57. The molecule has 4 fully saturated rings. The highest BCUT2D eigenvalue weighted by Gasteiger charge is 2.52. The molecular formula is C19H24O. The number of benzene rings is 1. The molecule has 0 unspecified atom stereocenters. The maximum Gasteiger partial charge on any atom is 0.109 e. The Morgan fingerprint density at radius 3 is 2.10 bits per heavy atom. The van der Waals surface area contributed by atoms with Crippen LogP contribution >= 0.6 is 0 Å². The minimum absolute atomic E-state index is 0.185. The number of rotatable bonds is 3. The van der Waals surface area contributed by atoms with E-state index in [1.807, 2.05) is 0 Å². The van der Waals surface area contributed by atoms with E-state index in [9.17, 15) is 0 Å². The van der Waals surface area contributed by atoms with Crippen molar-refractivity contribution in [3.8, 4) is 0 Å². The van der Waals surface area contributed by atoms with E-state index in [-0.39, 0.29) is 5.60 Å². The molecule has 106 valence electrons. The van der Waals surface area contributed by atoms with Gasteiger partial charge in [0.2, 0.25) is 0 Å². The first-order valence-corrected chi connectivity index (χ1v) is 8.13. The second-order valence-corrected chi connectivity index (χ2v) is 7.37. The Morgan fingerprint density at radius 1 is 1.00 bits per heavy atom. The normalized spacial score (nSPS) is 39.0. The second-order valence-electron chi connectivity index (χ2n) is 7.37. The van der Waals surface area contributed by atoms with E-state index in [4.69, 9.17) is 4.74 Å². The first-order valence-electron chi connectivity index (χ1n) is 8.13. The lowest BCUT2D eigenvalue weighted by Gasteiger charge is -2.56. The monoisotopic (exact) mass is 268 g/mol. The third-order valence-corrected chi connectivity index (χ3v) is 5.53. The van der Waals surface area contributed by atoms with Crippen molar-refractivity contribution in [2.75, 3.05) is 0 Å². The van der Waals surface area contributed by atoms with Crippen molar-refractivity contribution in [1.29, 1.82) is 0 Å². The van der Waals surface area contributed by atoms with E-state index >= 15 is 0 Å². The average molecular weight is 268 g/mol. The Bertz CT molecular complexity index is 479. The van der Waals surface area contributed by atoms with Crippen LogP contribution in [0.2, 0.25) is 0 Å². The van der Waals surface area contributed by atoms with Gasteiger partial charge < -0.3 is 4.74 Å². The summed E-state index contributed by atoms with van der Waals surface area (Å²) in [7, 11) is 0. The zero-order chi connectivity index (χ0) is 13.6. The van der Waals surface area contributed by atoms with Crippen LogP contribution in [0.3, 0.4) is 0 Å². The Morgan fingerprint density at radius 2 is 1.55 bits per heavy atom. The van der Waals surface area contributed by atoms with Crippen LogP contribution in [0, 0.1) is 17.8 Å². The van der Waals surface area contributed by atoms with Crippen molar-refractivity contribution < 1.29 is 4.74 Å².